The first-order chi connectivity index (χ1) is 6.59. The maximum atomic E-state index is 10.2. The number of aliphatic carboxylic acids is 1. The van der Waals surface area contributed by atoms with Gasteiger partial charge in [-0.3, -0.25) is 9.78 Å². The number of aryl methyl sites for hydroxylation is 1. The number of carbonyl (C=O) groups is 1. The Hall–Kier alpha value is -1.03. The Morgan fingerprint density at radius 1 is 1.43 bits per heavy atom. The highest BCUT2D eigenvalue weighted by Crippen LogP contribution is 2.20. The van der Waals surface area contributed by atoms with Crippen molar-refractivity contribution in [1.29, 1.82) is 0 Å². The molecular formula is C8H10NO4P. The molecule has 5 nitrogen and oxygen atoms in total. The fraction of sp³-hybridized carbons (Fsp3) is 0.250. The van der Waals surface area contributed by atoms with Crippen LogP contribution in [0.4, 0.5) is 0 Å². The Balaban J connectivity index is 2.59. The fourth-order valence-corrected chi connectivity index (χ4v) is 1.29. The summed E-state index contributed by atoms with van der Waals surface area (Å²) in [6, 6.07) is 3.13. The summed E-state index contributed by atoms with van der Waals surface area (Å²) in [7, 11) is -2.11. The third-order valence-electron chi connectivity index (χ3n) is 1.64. The van der Waals surface area contributed by atoms with Gasteiger partial charge in [-0.1, -0.05) is 0 Å². The molecule has 0 aromatic carbocycles. The number of carboxylic acids is 1. The predicted molar refractivity (Wildman–Crippen MR) is 51.2 cm³/mol. The summed E-state index contributed by atoms with van der Waals surface area (Å²) in [5.74, 6) is -0.873. The first-order valence-corrected chi connectivity index (χ1v) is 5.19. The molecule has 0 saturated heterocycles. The molecule has 0 fully saturated rings. The molecule has 1 heterocycles. The molecule has 6 heteroatoms. The maximum absolute atomic E-state index is 10.2. The van der Waals surface area contributed by atoms with E-state index in [2.05, 4.69) is 4.98 Å². The average molecular weight is 215 g/mol. The number of hydrogen-bond donors (Lipinski definition) is 3. The highest BCUT2D eigenvalue weighted by molar-refractivity contribution is 7.53. The lowest BCUT2D eigenvalue weighted by Gasteiger charge is -2.02. The molecule has 1 rings (SSSR count). The van der Waals surface area contributed by atoms with Crippen LogP contribution in [0.3, 0.4) is 0 Å². The van der Waals surface area contributed by atoms with Crippen LogP contribution in [0.5, 0.6) is 0 Å². The second-order valence-corrected chi connectivity index (χ2v) is 3.79. The standard InChI is InChI=1S/C8H10NO4P/c10-8(11)4-2-6-1-3-7(5-9-6)14(12)13/h1,3,5,12-13H,2,4H2,(H,10,11). The molecule has 0 unspecified atom stereocenters. The van der Waals surface area contributed by atoms with Crippen LogP contribution in [0.15, 0.2) is 18.3 Å². The van der Waals surface area contributed by atoms with Crippen LogP contribution >= 0.6 is 8.38 Å². The van der Waals surface area contributed by atoms with Crippen molar-refractivity contribution in [3.8, 4) is 0 Å². The maximum Gasteiger partial charge on any atom is 0.303 e. The molecule has 3 N–H and O–H groups in total. The second-order valence-electron chi connectivity index (χ2n) is 2.69. The molecule has 76 valence electrons. The minimum Gasteiger partial charge on any atom is -0.481 e. The molecule has 0 radical (unpaired) electrons. The van der Waals surface area contributed by atoms with E-state index in [1.54, 1.807) is 6.07 Å². The van der Waals surface area contributed by atoms with Crippen LogP contribution in [0.2, 0.25) is 0 Å². The van der Waals surface area contributed by atoms with Gasteiger partial charge in [-0.25, -0.2) is 0 Å². The summed E-state index contributed by atoms with van der Waals surface area (Å²) < 4.78 is 0. The van der Waals surface area contributed by atoms with E-state index in [0.717, 1.165) is 0 Å². The normalized spacial score (nSPS) is 10.5. The van der Waals surface area contributed by atoms with E-state index in [1.807, 2.05) is 0 Å². The monoisotopic (exact) mass is 215 g/mol. The lowest BCUT2D eigenvalue weighted by Crippen LogP contribution is -2.04. The SMILES string of the molecule is O=C(O)CCc1ccc(P(O)O)cn1. The molecule has 0 bridgehead atoms. The molecular weight excluding hydrogens is 205 g/mol. The van der Waals surface area contributed by atoms with E-state index >= 15 is 0 Å². The lowest BCUT2D eigenvalue weighted by atomic mass is 10.2. The van der Waals surface area contributed by atoms with Gasteiger partial charge in [0, 0.05) is 23.6 Å². The molecule has 0 aliphatic heterocycles. The van der Waals surface area contributed by atoms with Gasteiger partial charge >= 0.3 is 5.97 Å². The zero-order valence-corrected chi connectivity index (χ0v) is 8.19. The van der Waals surface area contributed by atoms with Crippen molar-refractivity contribution in [3.63, 3.8) is 0 Å². The number of rotatable bonds is 4. The van der Waals surface area contributed by atoms with Gasteiger partial charge in [0.15, 0.2) is 0 Å². The van der Waals surface area contributed by atoms with Crippen molar-refractivity contribution in [1.82, 2.24) is 4.98 Å². The first-order valence-electron chi connectivity index (χ1n) is 3.94. The van der Waals surface area contributed by atoms with E-state index < -0.39 is 14.3 Å². The molecule has 1 aromatic rings. The van der Waals surface area contributed by atoms with Crippen LogP contribution in [0, 0.1) is 0 Å². The molecule has 0 aliphatic rings. The Morgan fingerprint density at radius 2 is 2.14 bits per heavy atom. The van der Waals surface area contributed by atoms with Gasteiger partial charge in [0.25, 0.3) is 0 Å². The Kier molecular flexibility index (Phi) is 3.95. The smallest absolute Gasteiger partial charge is 0.303 e. The number of carboxylic acid groups (broad SMARTS) is 1. The number of aromatic nitrogens is 1. The van der Waals surface area contributed by atoms with Gasteiger partial charge in [0.2, 0.25) is 8.38 Å². The van der Waals surface area contributed by atoms with E-state index in [4.69, 9.17) is 14.9 Å². The Bertz CT molecular complexity index is 312. The minimum absolute atomic E-state index is 0.0271. The van der Waals surface area contributed by atoms with Crippen molar-refractivity contribution in [3.05, 3.63) is 24.0 Å². The zero-order chi connectivity index (χ0) is 10.6. The molecule has 0 aliphatic carbocycles. The summed E-state index contributed by atoms with van der Waals surface area (Å²) in [6.45, 7) is 0. The van der Waals surface area contributed by atoms with Gasteiger partial charge in [0.1, 0.15) is 0 Å². The summed E-state index contributed by atoms with van der Waals surface area (Å²) >= 11 is 0. The largest absolute Gasteiger partial charge is 0.481 e. The summed E-state index contributed by atoms with van der Waals surface area (Å²) in [5, 5.41) is 8.77. The van der Waals surface area contributed by atoms with Gasteiger partial charge in [-0.05, 0) is 12.1 Å². The highest BCUT2D eigenvalue weighted by Gasteiger charge is 2.05. The van der Waals surface area contributed by atoms with Crippen LogP contribution < -0.4 is 5.30 Å². The summed E-state index contributed by atoms with van der Waals surface area (Å²) in [6.07, 6.45) is 1.73. The molecule has 0 amide bonds. The third kappa shape index (κ3) is 3.38. The van der Waals surface area contributed by atoms with Crippen LogP contribution in [-0.4, -0.2) is 25.8 Å². The van der Waals surface area contributed by atoms with Crippen molar-refractivity contribution >= 4 is 19.6 Å². The van der Waals surface area contributed by atoms with E-state index in [0.29, 0.717) is 17.4 Å². The Morgan fingerprint density at radius 3 is 2.57 bits per heavy atom. The van der Waals surface area contributed by atoms with E-state index in [9.17, 15) is 4.79 Å². The average Bonchev–Trinajstić information content (AvgIpc) is 2.15. The van der Waals surface area contributed by atoms with Gasteiger partial charge < -0.3 is 14.9 Å². The van der Waals surface area contributed by atoms with Crippen molar-refractivity contribution in [2.24, 2.45) is 0 Å². The molecule has 14 heavy (non-hydrogen) atoms. The second kappa shape index (κ2) is 5.00. The molecule has 0 atom stereocenters. The van der Waals surface area contributed by atoms with Gasteiger partial charge in [0.05, 0.1) is 6.42 Å². The minimum atomic E-state index is -2.11. The zero-order valence-electron chi connectivity index (χ0n) is 7.29. The topological polar surface area (TPSA) is 90.7 Å². The van der Waals surface area contributed by atoms with Gasteiger partial charge in [-0.15, -0.1) is 0 Å². The molecule has 0 spiro atoms. The fourth-order valence-electron chi connectivity index (χ4n) is 0.918. The first kappa shape index (κ1) is 11.0. The van der Waals surface area contributed by atoms with Crippen LogP contribution in [-0.2, 0) is 11.2 Å². The van der Waals surface area contributed by atoms with Crippen molar-refractivity contribution in [2.45, 2.75) is 12.8 Å². The third-order valence-corrected chi connectivity index (χ3v) is 2.36. The van der Waals surface area contributed by atoms with Crippen LogP contribution in [0.25, 0.3) is 0 Å². The van der Waals surface area contributed by atoms with Crippen molar-refractivity contribution in [2.75, 3.05) is 0 Å². The number of nitrogens with zero attached hydrogens (tertiary/aromatic N) is 1. The van der Waals surface area contributed by atoms with E-state index in [1.165, 1.54) is 12.3 Å². The molecule has 0 saturated carbocycles. The number of hydrogen-bond acceptors (Lipinski definition) is 4. The molecule has 1 aromatic heterocycles. The van der Waals surface area contributed by atoms with Crippen molar-refractivity contribution < 1.29 is 19.7 Å². The predicted octanol–water partition coefficient (Wildman–Crippen LogP) is 0.0206. The summed E-state index contributed by atoms with van der Waals surface area (Å²) in [4.78, 5) is 31.8. The summed E-state index contributed by atoms with van der Waals surface area (Å²) in [5.41, 5.74) is 0.632. The quantitative estimate of drug-likeness (QED) is 0.616. The number of pyridine rings is 1. The van der Waals surface area contributed by atoms with Crippen LogP contribution in [0.1, 0.15) is 12.1 Å². The highest BCUT2D eigenvalue weighted by atomic mass is 31.2. The van der Waals surface area contributed by atoms with Gasteiger partial charge in [-0.2, -0.15) is 0 Å². The van der Waals surface area contributed by atoms with E-state index in [-0.39, 0.29) is 6.42 Å². The Labute approximate surface area is 82.0 Å². The lowest BCUT2D eigenvalue weighted by molar-refractivity contribution is -0.136.